The number of aromatic nitrogens is 2. The van der Waals surface area contributed by atoms with Crippen molar-refractivity contribution in [3.8, 4) is 0 Å². The second-order valence-corrected chi connectivity index (χ2v) is 3.87. The molecule has 0 amide bonds. The van der Waals surface area contributed by atoms with Gasteiger partial charge in [-0.25, -0.2) is 9.97 Å². The fourth-order valence-electron chi connectivity index (χ4n) is 1.43. The van der Waals surface area contributed by atoms with Crippen LogP contribution in [0.5, 0.6) is 0 Å². The summed E-state index contributed by atoms with van der Waals surface area (Å²) in [5, 5.41) is 4.43. The Kier molecular flexibility index (Phi) is 3.06. The van der Waals surface area contributed by atoms with E-state index in [9.17, 15) is 0 Å². The minimum Gasteiger partial charge on any atom is -0.364 e. The van der Waals surface area contributed by atoms with Gasteiger partial charge in [0.05, 0.1) is 5.52 Å². The Hall–Kier alpha value is -1.61. The van der Waals surface area contributed by atoms with E-state index in [1.807, 2.05) is 37.3 Å². The molecule has 0 aliphatic carbocycles. The van der Waals surface area contributed by atoms with E-state index in [1.54, 1.807) is 0 Å². The molecule has 0 aliphatic rings. The van der Waals surface area contributed by atoms with Crippen molar-refractivity contribution in [3.05, 3.63) is 42.2 Å². The molecule has 1 heterocycles. The molecule has 1 aromatic heterocycles. The smallest absolute Gasteiger partial charge is 0.224 e. The van der Waals surface area contributed by atoms with E-state index < -0.39 is 0 Å². The van der Waals surface area contributed by atoms with Crippen LogP contribution in [0, 0.1) is 0 Å². The van der Waals surface area contributed by atoms with Crippen LogP contribution in [0.4, 0.5) is 5.82 Å². The van der Waals surface area contributed by atoms with Crippen LogP contribution in [0.1, 0.15) is 6.92 Å². The highest BCUT2D eigenvalue weighted by Crippen LogP contribution is 2.22. The van der Waals surface area contributed by atoms with E-state index in [0.29, 0.717) is 0 Å². The van der Waals surface area contributed by atoms with Gasteiger partial charge in [-0.05, 0) is 30.7 Å². The van der Waals surface area contributed by atoms with Crippen LogP contribution in [0.3, 0.4) is 0 Å². The summed E-state index contributed by atoms with van der Waals surface area (Å²) in [6.45, 7) is 5.72. The zero-order chi connectivity index (χ0) is 11.5. The van der Waals surface area contributed by atoms with Crippen molar-refractivity contribution in [2.24, 2.45) is 0 Å². The van der Waals surface area contributed by atoms with Gasteiger partial charge in [0.15, 0.2) is 0 Å². The van der Waals surface area contributed by atoms with E-state index >= 15 is 0 Å². The number of fused-ring (bicyclic) bond motifs is 1. The summed E-state index contributed by atoms with van der Waals surface area (Å²) in [5.41, 5.74) is 0.835. The molecule has 0 radical (unpaired) electrons. The number of halogens is 1. The largest absolute Gasteiger partial charge is 0.364 e. The molecule has 0 aliphatic heterocycles. The maximum Gasteiger partial charge on any atom is 0.224 e. The van der Waals surface area contributed by atoms with Crippen molar-refractivity contribution in [1.82, 2.24) is 9.97 Å². The van der Waals surface area contributed by atoms with Crippen LogP contribution in [0.15, 0.2) is 36.9 Å². The fraction of sp³-hybridized carbons (Fsp3) is 0.167. The van der Waals surface area contributed by atoms with Crippen molar-refractivity contribution < 1.29 is 0 Å². The molecule has 1 unspecified atom stereocenters. The Morgan fingerprint density at radius 3 is 2.88 bits per heavy atom. The molecule has 1 aromatic carbocycles. The third kappa shape index (κ3) is 2.14. The number of para-hydroxylation sites is 1. The Labute approximate surface area is 99.2 Å². The highest BCUT2D eigenvalue weighted by molar-refractivity contribution is 6.28. The number of benzene rings is 1. The van der Waals surface area contributed by atoms with Gasteiger partial charge in [-0.3, -0.25) is 0 Å². The first kappa shape index (κ1) is 10.9. The number of anilines is 1. The minimum atomic E-state index is 0.134. The van der Waals surface area contributed by atoms with Crippen LogP contribution in [0.2, 0.25) is 5.28 Å². The topological polar surface area (TPSA) is 37.8 Å². The molecule has 2 aromatic rings. The number of nitrogens with one attached hydrogen (secondary N) is 1. The summed E-state index contributed by atoms with van der Waals surface area (Å²) in [4.78, 5) is 8.34. The summed E-state index contributed by atoms with van der Waals surface area (Å²) in [6.07, 6.45) is 1.81. The zero-order valence-corrected chi connectivity index (χ0v) is 9.70. The van der Waals surface area contributed by atoms with Gasteiger partial charge in [-0.2, -0.15) is 0 Å². The molecule has 2 rings (SSSR count). The molecule has 3 nitrogen and oxygen atoms in total. The van der Waals surface area contributed by atoms with Crippen LogP contribution in [-0.2, 0) is 0 Å². The molecular formula is C12H12ClN3. The van der Waals surface area contributed by atoms with Crippen molar-refractivity contribution in [1.29, 1.82) is 0 Å². The van der Waals surface area contributed by atoms with Crippen LogP contribution >= 0.6 is 11.6 Å². The number of hydrogen-bond acceptors (Lipinski definition) is 3. The second-order valence-electron chi connectivity index (χ2n) is 3.53. The maximum atomic E-state index is 5.86. The van der Waals surface area contributed by atoms with E-state index in [4.69, 9.17) is 11.6 Å². The molecule has 0 fully saturated rings. The molecule has 1 N–H and O–H groups in total. The van der Waals surface area contributed by atoms with E-state index in [0.717, 1.165) is 16.7 Å². The third-order valence-electron chi connectivity index (χ3n) is 2.29. The Balaban J connectivity index is 2.54. The normalized spacial score (nSPS) is 12.4. The lowest BCUT2D eigenvalue weighted by molar-refractivity contribution is 0.984. The average Bonchev–Trinajstić information content (AvgIpc) is 2.28. The first-order valence-electron chi connectivity index (χ1n) is 5.02. The fourth-order valence-corrected chi connectivity index (χ4v) is 1.61. The molecule has 82 valence electrons. The Morgan fingerprint density at radius 2 is 2.12 bits per heavy atom. The van der Waals surface area contributed by atoms with Crippen molar-refractivity contribution in [2.45, 2.75) is 13.0 Å². The van der Waals surface area contributed by atoms with Gasteiger partial charge in [-0.15, -0.1) is 6.58 Å². The average molecular weight is 234 g/mol. The first-order valence-corrected chi connectivity index (χ1v) is 5.40. The van der Waals surface area contributed by atoms with Crippen molar-refractivity contribution >= 4 is 28.3 Å². The molecule has 16 heavy (non-hydrogen) atoms. The predicted molar refractivity (Wildman–Crippen MR) is 67.8 cm³/mol. The summed E-state index contributed by atoms with van der Waals surface area (Å²) < 4.78 is 0. The maximum absolute atomic E-state index is 5.86. The van der Waals surface area contributed by atoms with Gasteiger partial charge in [-0.1, -0.05) is 18.2 Å². The number of nitrogens with zero attached hydrogens (tertiary/aromatic N) is 2. The molecule has 4 heteroatoms. The molecule has 0 saturated carbocycles. The highest BCUT2D eigenvalue weighted by Gasteiger charge is 2.06. The third-order valence-corrected chi connectivity index (χ3v) is 2.46. The van der Waals surface area contributed by atoms with Gasteiger partial charge in [0.2, 0.25) is 5.28 Å². The van der Waals surface area contributed by atoms with Gasteiger partial charge in [0.25, 0.3) is 0 Å². The quantitative estimate of drug-likeness (QED) is 0.653. The van der Waals surface area contributed by atoms with Gasteiger partial charge >= 0.3 is 0 Å². The molecule has 1 atom stereocenters. The Bertz CT molecular complexity index is 525. The van der Waals surface area contributed by atoms with Crippen LogP contribution in [0.25, 0.3) is 10.9 Å². The van der Waals surface area contributed by atoms with Gasteiger partial charge < -0.3 is 5.32 Å². The summed E-state index contributed by atoms with van der Waals surface area (Å²) in [7, 11) is 0. The second kappa shape index (κ2) is 4.49. The standard InChI is InChI=1S/C12H12ClN3/c1-3-8(2)14-11-9-6-4-5-7-10(9)15-12(13)16-11/h3-8H,1H2,2H3,(H,14,15,16). The minimum absolute atomic E-state index is 0.134. The monoisotopic (exact) mass is 233 g/mol. The summed E-state index contributed by atoms with van der Waals surface area (Å²) in [6, 6.07) is 7.88. The van der Waals surface area contributed by atoms with E-state index in [1.165, 1.54) is 0 Å². The summed E-state index contributed by atoms with van der Waals surface area (Å²) >= 11 is 5.86. The van der Waals surface area contributed by atoms with Crippen LogP contribution in [-0.4, -0.2) is 16.0 Å². The zero-order valence-electron chi connectivity index (χ0n) is 8.94. The Morgan fingerprint density at radius 1 is 1.38 bits per heavy atom. The predicted octanol–water partition coefficient (Wildman–Crippen LogP) is 3.27. The van der Waals surface area contributed by atoms with Crippen molar-refractivity contribution in [3.63, 3.8) is 0 Å². The SMILES string of the molecule is C=CC(C)Nc1nc(Cl)nc2ccccc12. The van der Waals surface area contributed by atoms with Gasteiger partial charge in [0, 0.05) is 11.4 Å². The molecular weight excluding hydrogens is 222 g/mol. The number of hydrogen-bond donors (Lipinski definition) is 1. The van der Waals surface area contributed by atoms with Gasteiger partial charge in [0.1, 0.15) is 5.82 Å². The number of rotatable bonds is 3. The molecule has 0 saturated heterocycles. The lowest BCUT2D eigenvalue weighted by atomic mass is 10.2. The van der Waals surface area contributed by atoms with E-state index in [-0.39, 0.29) is 11.3 Å². The van der Waals surface area contributed by atoms with E-state index in [2.05, 4.69) is 21.9 Å². The molecule has 0 spiro atoms. The highest BCUT2D eigenvalue weighted by atomic mass is 35.5. The van der Waals surface area contributed by atoms with Crippen molar-refractivity contribution in [2.75, 3.05) is 5.32 Å². The first-order chi connectivity index (χ1) is 7.70. The molecule has 0 bridgehead atoms. The van der Waals surface area contributed by atoms with Crippen LogP contribution < -0.4 is 5.32 Å². The lowest BCUT2D eigenvalue weighted by Gasteiger charge is -2.12. The summed E-state index contributed by atoms with van der Waals surface area (Å²) in [5.74, 6) is 0.739. The lowest BCUT2D eigenvalue weighted by Crippen LogP contribution is -2.13.